The van der Waals surface area contributed by atoms with Crippen LogP contribution in [0.4, 0.5) is 17.1 Å². The summed E-state index contributed by atoms with van der Waals surface area (Å²) in [5.41, 5.74) is 2.85. The third-order valence-corrected chi connectivity index (χ3v) is 2.65. The minimum Gasteiger partial charge on any atom is -0.272 e. The summed E-state index contributed by atoms with van der Waals surface area (Å²) in [5.74, 6) is 0. The number of nitro groups is 2. The van der Waals surface area contributed by atoms with Crippen molar-refractivity contribution in [2.45, 2.75) is 33.1 Å². The highest BCUT2D eigenvalue weighted by Crippen LogP contribution is 2.28. The lowest BCUT2D eigenvalue weighted by atomic mass is 10.2. The molecule has 20 heavy (non-hydrogen) atoms. The van der Waals surface area contributed by atoms with Crippen molar-refractivity contribution < 1.29 is 9.85 Å². The molecule has 0 saturated carbocycles. The molecular formula is C12H16N4O4. The molecule has 0 aliphatic rings. The van der Waals surface area contributed by atoms with Gasteiger partial charge in [0, 0.05) is 11.8 Å². The van der Waals surface area contributed by atoms with E-state index in [0.717, 1.165) is 31.0 Å². The maximum absolute atomic E-state index is 10.9. The first-order valence-electron chi connectivity index (χ1n) is 6.17. The molecule has 0 bridgehead atoms. The summed E-state index contributed by atoms with van der Waals surface area (Å²) in [4.78, 5) is 20.2. The number of nitrogens with zero attached hydrogens (tertiary/aromatic N) is 3. The van der Waals surface area contributed by atoms with Crippen LogP contribution < -0.4 is 5.43 Å². The summed E-state index contributed by atoms with van der Waals surface area (Å²) < 4.78 is 0. The molecule has 0 aliphatic carbocycles. The van der Waals surface area contributed by atoms with E-state index < -0.39 is 9.85 Å². The second kappa shape index (κ2) is 7.17. The summed E-state index contributed by atoms with van der Waals surface area (Å²) in [7, 11) is 0. The molecule has 8 nitrogen and oxygen atoms in total. The largest absolute Gasteiger partial charge is 0.301 e. The molecule has 1 aromatic rings. The van der Waals surface area contributed by atoms with Gasteiger partial charge in [0.2, 0.25) is 0 Å². The van der Waals surface area contributed by atoms with Crippen molar-refractivity contribution in [3.05, 3.63) is 38.4 Å². The van der Waals surface area contributed by atoms with Crippen LogP contribution in [0, 0.1) is 20.2 Å². The summed E-state index contributed by atoms with van der Waals surface area (Å²) in [6, 6.07) is 3.40. The topological polar surface area (TPSA) is 111 Å². The van der Waals surface area contributed by atoms with Gasteiger partial charge >= 0.3 is 5.69 Å². The zero-order chi connectivity index (χ0) is 15.1. The van der Waals surface area contributed by atoms with Gasteiger partial charge in [-0.3, -0.25) is 25.7 Å². The number of hydrogen-bond acceptors (Lipinski definition) is 6. The molecule has 0 saturated heterocycles. The molecule has 1 N–H and O–H groups in total. The normalized spacial score (nSPS) is 11.2. The molecule has 0 atom stereocenters. The van der Waals surface area contributed by atoms with Crippen molar-refractivity contribution in [2.24, 2.45) is 5.10 Å². The van der Waals surface area contributed by atoms with Crippen LogP contribution in [0.5, 0.6) is 0 Å². The monoisotopic (exact) mass is 280 g/mol. The highest BCUT2D eigenvalue weighted by atomic mass is 16.6. The number of rotatable bonds is 7. The number of hydrogen-bond donors (Lipinski definition) is 1. The quantitative estimate of drug-likeness (QED) is 0.467. The Morgan fingerprint density at radius 2 is 2.00 bits per heavy atom. The zero-order valence-electron chi connectivity index (χ0n) is 11.3. The Morgan fingerprint density at radius 1 is 1.30 bits per heavy atom. The molecule has 0 fully saturated rings. The van der Waals surface area contributed by atoms with Gasteiger partial charge in [-0.2, -0.15) is 5.10 Å². The smallest absolute Gasteiger partial charge is 0.272 e. The lowest BCUT2D eigenvalue weighted by molar-refractivity contribution is -0.393. The van der Waals surface area contributed by atoms with Gasteiger partial charge in [0.15, 0.2) is 0 Å². The van der Waals surface area contributed by atoms with Gasteiger partial charge in [0.25, 0.3) is 5.69 Å². The van der Waals surface area contributed by atoms with Crippen LogP contribution in [0.1, 0.15) is 33.1 Å². The maximum Gasteiger partial charge on any atom is 0.301 e. The number of benzene rings is 1. The number of anilines is 1. The molecule has 0 radical (unpaired) electrons. The van der Waals surface area contributed by atoms with Crippen molar-refractivity contribution >= 4 is 22.8 Å². The molecule has 0 heterocycles. The number of nitrogens with one attached hydrogen (secondary N) is 1. The Labute approximate surface area is 115 Å². The van der Waals surface area contributed by atoms with Gasteiger partial charge in [-0.05, 0) is 25.8 Å². The Morgan fingerprint density at radius 3 is 2.55 bits per heavy atom. The van der Waals surface area contributed by atoms with Crippen LogP contribution in [-0.4, -0.2) is 15.6 Å². The predicted octanol–water partition coefficient (Wildman–Crippen LogP) is 3.48. The highest BCUT2D eigenvalue weighted by molar-refractivity contribution is 5.83. The first-order valence-corrected chi connectivity index (χ1v) is 6.17. The van der Waals surface area contributed by atoms with Crippen LogP contribution in [0.15, 0.2) is 23.3 Å². The molecule has 0 unspecified atom stereocenters. The Hall–Kier alpha value is -2.51. The van der Waals surface area contributed by atoms with Gasteiger partial charge in [0.1, 0.15) is 5.69 Å². The van der Waals surface area contributed by atoms with E-state index in [1.165, 1.54) is 12.1 Å². The predicted molar refractivity (Wildman–Crippen MR) is 76.0 cm³/mol. The SMILES string of the molecule is CCCC/C(C)=N/Nc1ccc([N+](=O)[O-])cc1[N+](=O)[O-]. The lowest BCUT2D eigenvalue weighted by Gasteiger charge is -2.04. The first kappa shape index (κ1) is 15.5. The second-order valence-corrected chi connectivity index (χ2v) is 4.28. The summed E-state index contributed by atoms with van der Waals surface area (Å²) >= 11 is 0. The lowest BCUT2D eigenvalue weighted by Crippen LogP contribution is -2.01. The van der Waals surface area contributed by atoms with Crippen molar-refractivity contribution in [2.75, 3.05) is 5.43 Å². The Kier molecular flexibility index (Phi) is 5.57. The van der Waals surface area contributed by atoms with Gasteiger partial charge in [-0.15, -0.1) is 0 Å². The van der Waals surface area contributed by atoms with Crippen LogP contribution in [0.25, 0.3) is 0 Å². The van der Waals surface area contributed by atoms with E-state index in [-0.39, 0.29) is 17.1 Å². The van der Waals surface area contributed by atoms with Crippen molar-refractivity contribution in [3.8, 4) is 0 Å². The van der Waals surface area contributed by atoms with Gasteiger partial charge in [-0.1, -0.05) is 13.3 Å². The number of nitro benzene ring substituents is 2. The summed E-state index contributed by atoms with van der Waals surface area (Å²) in [6.45, 7) is 3.88. The van der Waals surface area contributed by atoms with Crippen molar-refractivity contribution in [1.29, 1.82) is 0 Å². The third-order valence-electron chi connectivity index (χ3n) is 2.65. The van der Waals surface area contributed by atoms with Crippen molar-refractivity contribution in [1.82, 2.24) is 0 Å². The van der Waals surface area contributed by atoms with E-state index in [1.54, 1.807) is 0 Å². The molecule has 1 rings (SSSR count). The van der Waals surface area contributed by atoms with E-state index in [2.05, 4.69) is 17.5 Å². The molecule has 108 valence electrons. The first-order chi connectivity index (χ1) is 9.45. The Bertz CT molecular complexity index is 542. The second-order valence-electron chi connectivity index (χ2n) is 4.28. The number of unbranched alkanes of at least 4 members (excludes halogenated alkanes) is 1. The molecule has 0 spiro atoms. The fourth-order valence-corrected chi connectivity index (χ4v) is 1.52. The minimum absolute atomic E-state index is 0.136. The molecule has 0 aliphatic heterocycles. The van der Waals surface area contributed by atoms with Gasteiger partial charge in [-0.25, -0.2) is 0 Å². The van der Waals surface area contributed by atoms with E-state index in [9.17, 15) is 20.2 Å². The standard InChI is InChI=1S/C12H16N4O4/c1-3-4-5-9(2)13-14-11-7-6-10(15(17)18)8-12(11)16(19)20/h6-8,14H,3-5H2,1-2H3/b13-9+. The third kappa shape index (κ3) is 4.30. The van der Waals surface area contributed by atoms with E-state index in [4.69, 9.17) is 0 Å². The van der Waals surface area contributed by atoms with Crippen LogP contribution in [0.3, 0.4) is 0 Å². The van der Waals surface area contributed by atoms with E-state index in [0.29, 0.717) is 0 Å². The van der Waals surface area contributed by atoms with E-state index >= 15 is 0 Å². The number of non-ortho nitro benzene ring substituents is 1. The minimum atomic E-state index is -0.674. The maximum atomic E-state index is 10.9. The zero-order valence-corrected chi connectivity index (χ0v) is 11.3. The van der Waals surface area contributed by atoms with Crippen LogP contribution in [0.2, 0.25) is 0 Å². The molecule has 0 aromatic heterocycles. The van der Waals surface area contributed by atoms with Gasteiger partial charge < -0.3 is 0 Å². The average Bonchev–Trinajstić information content (AvgIpc) is 2.42. The summed E-state index contributed by atoms with van der Waals surface area (Å²) in [5, 5.41) is 25.6. The molecular weight excluding hydrogens is 264 g/mol. The van der Waals surface area contributed by atoms with E-state index in [1.807, 2.05) is 6.92 Å². The Balaban J connectivity index is 2.95. The van der Waals surface area contributed by atoms with Crippen LogP contribution in [-0.2, 0) is 0 Å². The molecule has 8 heteroatoms. The summed E-state index contributed by atoms with van der Waals surface area (Å²) in [6.07, 6.45) is 2.81. The van der Waals surface area contributed by atoms with Crippen molar-refractivity contribution in [3.63, 3.8) is 0 Å². The van der Waals surface area contributed by atoms with Gasteiger partial charge in [0.05, 0.1) is 15.9 Å². The number of hydrazone groups is 1. The molecule has 0 amide bonds. The fourth-order valence-electron chi connectivity index (χ4n) is 1.52. The molecule has 1 aromatic carbocycles. The highest BCUT2D eigenvalue weighted by Gasteiger charge is 2.19. The fraction of sp³-hybridized carbons (Fsp3) is 0.417. The van der Waals surface area contributed by atoms with Crippen LogP contribution >= 0.6 is 0 Å². The average molecular weight is 280 g/mol.